The van der Waals surface area contributed by atoms with Crippen LogP contribution in [-0.4, -0.2) is 6.17 Å². The van der Waals surface area contributed by atoms with E-state index in [0.717, 1.165) is 6.42 Å². The molecule has 0 fully saturated rings. The Labute approximate surface area is 82.6 Å². The topological polar surface area (TPSA) is 58.9 Å². The Hall–Kier alpha value is -0.632. The van der Waals surface area contributed by atoms with Gasteiger partial charge in [0.15, 0.2) is 0 Å². The molecule has 0 aromatic carbocycles. The van der Waals surface area contributed by atoms with E-state index in [9.17, 15) is 9.81 Å². The van der Waals surface area contributed by atoms with Crippen LogP contribution >= 0.6 is 0 Å². The molecule has 0 amide bonds. The Kier molecular flexibility index (Phi) is 4.16. The average Bonchev–Trinajstić information content (AvgIpc) is 2.66. The molecule has 1 aliphatic rings. The van der Waals surface area contributed by atoms with Gasteiger partial charge in [-0.25, -0.2) is 0 Å². The monoisotopic (exact) mass is 351 g/mol. The fourth-order valence-electron chi connectivity index (χ4n) is 1.10. The zero-order chi connectivity index (χ0) is 9.68. The normalized spacial score (nSPS) is 15.2. The first-order chi connectivity index (χ1) is 6.27. The summed E-state index contributed by atoms with van der Waals surface area (Å²) in [5, 5.41) is 7.55. The van der Waals surface area contributed by atoms with Crippen LogP contribution in [0.15, 0.2) is 32.5 Å². The van der Waals surface area contributed by atoms with Gasteiger partial charge in [0.2, 0.25) is 0 Å². The maximum atomic E-state index is 10.1. The van der Waals surface area contributed by atoms with Gasteiger partial charge < -0.3 is 0 Å². The summed E-state index contributed by atoms with van der Waals surface area (Å²) >= 11 is -1.67. The summed E-state index contributed by atoms with van der Waals surface area (Å²) in [4.78, 5) is 20.9. The maximum absolute atomic E-state index is 10.1. The van der Waals surface area contributed by atoms with Crippen LogP contribution in [0.25, 0.3) is 0 Å². The SMILES string of the molecule is [CH3][W]([CH2]C(N=O)N=O)[C]1=CC=CC1. The van der Waals surface area contributed by atoms with E-state index >= 15 is 0 Å². The zero-order valence-electron chi connectivity index (χ0n) is 7.34. The summed E-state index contributed by atoms with van der Waals surface area (Å²) < 4.78 is 1.43. The minimum absolute atomic E-state index is 0.612. The number of rotatable bonds is 5. The average molecular weight is 351 g/mol. The van der Waals surface area contributed by atoms with Gasteiger partial charge >= 0.3 is 82.4 Å². The van der Waals surface area contributed by atoms with Crippen LogP contribution in [0.2, 0.25) is 10.1 Å². The molecule has 0 N–H and O–H groups in total. The molecule has 0 aliphatic heterocycles. The fourth-order valence-corrected chi connectivity index (χ4v) is 6.39. The summed E-state index contributed by atoms with van der Waals surface area (Å²) in [6, 6.07) is 0. The van der Waals surface area contributed by atoms with Crippen LogP contribution in [0.3, 0.4) is 0 Å². The van der Waals surface area contributed by atoms with Gasteiger partial charge in [-0.15, -0.1) is 0 Å². The van der Waals surface area contributed by atoms with Crippen molar-refractivity contribution in [3.8, 4) is 0 Å². The molecular weight excluding hydrogens is 340 g/mol. The number of nitroso groups, excluding NO2 is 2. The molecule has 0 radical (unpaired) electrons. The first kappa shape index (κ1) is 10.4. The van der Waals surface area contributed by atoms with Gasteiger partial charge in [-0.1, -0.05) is 0 Å². The molecule has 0 aromatic rings. The molecule has 71 valence electrons. The van der Waals surface area contributed by atoms with Gasteiger partial charge in [0, 0.05) is 0 Å². The van der Waals surface area contributed by atoms with Crippen molar-refractivity contribution in [3.05, 3.63) is 32.0 Å². The van der Waals surface area contributed by atoms with Crippen molar-refractivity contribution in [1.82, 2.24) is 0 Å². The quantitative estimate of drug-likeness (QED) is 0.716. The van der Waals surface area contributed by atoms with Crippen LogP contribution in [0, 0.1) is 9.81 Å². The zero-order valence-corrected chi connectivity index (χ0v) is 10.3. The molecule has 0 saturated carbocycles. The summed E-state index contributed by atoms with van der Waals surface area (Å²) in [7, 11) is 0. The molecule has 0 saturated heterocycles. The first-order valence-corrected chi connectivity index (χ1v) is 10.4. The molecule has 5 heteroatoms. The van der Waals surface area contributed by atoms with Crippen molar-refractivity contribution in [2.45, 2.75) is 22.7 Å². The van der Waals surface area contributed by atoms with Crippen molar-refractivity contribution in [2.75, 3.05) is 0 Å². The third-order valence-electron chi connectivity index (χ3n) is 1.83. The van der Waals surface area contributed by atoms with E-state index < -0.39 is 23.5 Å². The Morgan fingerprint density at radius 1 is 1.54 bits per heavy atom. The fraction of sp³-hybridized carbons (Fsp3) is 0.500. The van der Waals surface area contributed by atoms with E-state index in [2.05, 4.69) is 27.8 Å². The molecule has 0 aromatic heterocycles. The van der Waals surface area contributed by atoms with Crippen LogP contribution in [0.5, 0.6) is 0 Å². The van der Waals surface area contributed by atoms with E-state index in [0.29, 0.717) is 4.81 Å². The van der Waals surface area contributed by atoms with E-state index in [4.69, 9.17) is 0 Å². The van der Waals surface area contributed by atoms with Gasteiger partial charge in [0.25, 0.3) is 0 Å². The predicted molar refractivity (Wildman–Crippen MR) is 47.9 cm³/mol. The van der Waals surface area contributed by atoms with Crippen molar-refractivity contribution < 1.29 is 17.3 Å². The van der Waals surface area contributed by atoms with Crippen molar-refractivity contribution in [2.24, 2.45) is 10.4 Å². The summed E-state index contributed by atoms with van der Waals surface area (Å²) in [5.74, 6) is 0. The number of hydrogen-bond acceptors (Lipinski definition) is 4. The van der Waals surface area contributed by atoms with Crippen LogP contribution in [0.4, 0.5) is 0 Å². The number of nitrogens with zero attached hydrogens (tertiary/aromatic N) is 2. The number of allylic oxidation sites excluding steroid dienone is 4. The van der Waals surface area contributed by atoms with E-state index in [1.54, 1.807) is 0 Å². The Morgan fingerprint density at radius 3 is 2.69 bits per heavy atom. The Morgan fingerprint density at radius 2 is 2.23 bits per heavy atom. The van der Waals surface area contributed by atoms with E-state index in [1.165, 1.54) is 3.96 Å². The Balaban J connectivity index is 2.44. The second-order valence-corrected chi connectivity index (χ2v) is 10.4. The van der Waals surface area contributed by atoms with E-state index in [1.807, 2.05) is 6.08 Å². The molecule has 0 spiro atoms. The second kappa shape index (κ2) is 5.17. The molecule has 4 nitrogen and oxygen atoms in total. The second-order valence-electron chi connectivity index (χ2n) is 2.76. The Bertz CT molecular complexity index is 255. The van der Waals surface area contributed by atoms with Crippen molar-refractivity contribution >= 4 is 0 Å². The van der Waals surface area contributed by atoms with Crippen LogP contribution < -0.4 is 0 Å². The molecule has 13 heavy (non-hydrogen) atoms. The van der Waals surface area contributed by atoms with Gasteiger partial charge in [-0.05, 0) is 0 Å². The van der Waals surface area contributed by atoms with Crippen LogP contribution in [0.1, 0.15) is 6.42 Å². The van der Waals surface area contributed by atoms with Gasteiger partial charge in [0.05, 0.1) is 0 Å². The predicted octanol–water partition coefficient (Wildman–Crippen LogP) is 2.77. The minimum atomic E-state index is -1.67. The third kappa shape index (κ3) is 2.96. The summed E-state index contributed by atoms with van der Waals surface area (Å²) in [6.45, 7) is 0. The third-order valence-corrected chi connectivity index (χ3v) is 9.00. The molecule has 0 bridgehead atoms. The summed E-state index contributed by atoms with van der Waals surface area (Å²) in [6.07, 6.45) is 6.36. The van der Waals surface area contributed by atoms with Crippen molar-refractivity contribution in [1.29, 1.82) is 0 Å². The van der Waals surface area contributed by atoms with Crippen molar-refractivity contribution in [3.63, 3.8) is 0 Å². The molecule has 0 unspecified atom stereocenters. The molecular formula is C8H11N2O2W. The first-order valence-electron chi connectivity index (χ1n) is 3.91. The standard InChI is InChI=1S/C5H5.C2H3N2O2.CH3.W/c1-2-4-5-3-1;1-2(3-5)4-6;;/h1-3H,4H2;2H,1H2;1H3;. The summed E-state index contributed by atoms with van der Waals surface area (Å²) in [5.41, 5.74) is 0. The van der Waals surface area contributed by atoms with Gasteiger partial charge in [-0.3, -0.25) is 0 Å². The molecule has 0 heterocycles. The van der Waals surface area contributed by atoms with Crippen LogP contribution in [-0.2, 0) is 17.3 Å². The van der Waals surface area contributed by atoms with E-state index in [-0.39, 0.29) is 0 Å². The molecule has 0 atom stereocenters. The van der Waals surface area contributed by atoms with Gasteiger partial charge in [-0.2, -0.15) is 0 Å². The number of hydrogen-bond donors (Lipinski definition) is 0. The molecule has 1 rings (SSSR count). The molecule has 1 aliphatic carbocycles. The van der Waals surface area contributed by atoms with Gasteiger partial charge in [0.1, 0.15) is 0 Å².